The van der Waals surface area contributed by atoms with Gasteiger partial charge in [0.15, 0.2) is 0 Å². The summed E-state index contributed by atoms with van der Waals surface area (Å²) < 4.78 is 41.0. The first-order valence-electron chi connectivity index (χ1n) is 8.02. The maximum Gasteiger partial charge on any atom is 0.573 e. The van der Waals surface area contributed by atoms with Gasteiger partial charge in [-0.3, -0.25) is 0 Å². The molecule has 8 heteroatoms. The second kappa shape index (κ2) is 7.41. The zero-order chi connectivity index (χ0) is 20.5. The number of alkyl halides is 3. The van der Waals surface area contributed by atoms with Crippen LogP contribution in [-0.2, 0) is 0 Å². The molecule has 0 aliphatic heterocycles. The molecule has 1 heterocycles. The van der Waals surface area contributed by atoms with Crippen molar-refractivity contribution in [2.75, 3.05) is 5.73 Å². The van der Waals surface area contributed by atoms with Crippen LogP contribution in [0, 0.1) is 18.3 Å². The molecule has 0 aliphatic rings. The number of nitrogens with two attached hydrogens (primary N) is 1. The van der Waals surface area contributed by atoms with Crippen LogP contribution in [0.4, 0.5) is 19.0 Å². The first-order chi connectivity index (χ1) is 13.2. The van der Waals surface area contributed by atoms with Gasteiger partial charge in [0.05, 0.1) is 5.69 Å². The molecule has 1 aromatic heterocycles. The topological polar surface area (TPSA) is 71.9 Å². The summed E-state index contributed by atoms with van der Waals surface area (Å²) in [6.07, 6.45) is -4.78. The Kier molecular flexibility index (Phi) is 5.16. The second-order valence-corrected chi connectivity index (χ2v) is 6.35. The summed E-state index contributed by atoms with van der Waals surface area (Å²) in [5.41, 5.74) is 9.12. The molecule has 0 amide bonds. The number of rotatable bonds is 3. The molecule has 142 valence electrons. The molecule has 3 aromatic rings. The van der Waals surface area contributed by atoms with Crippen molar-refractivity contribution in [2.45, 2.75) is 13.3 Å². The fraction of sp³-hybridized carbons (Fsp3) is 0.100. The lowest BCUT2D eigenvalue weighted by Crippen LogP contribution is -2.16. The summed E-state index contributed by atoms with van der Waals surface area (Å²) in [6.45, 7) is 1.77. The number of hydrogen-bond acceptors (Lipinski definition) is 4. The van der Waals surface area contributed by atoms with E-state index in [2.05, 4.69) is 9.72 Å². The molecule has 0 radical (unpaired) electrons. The standard InChI is InChI=1S/C20H13ClF3N3O/c1-11-17(12-4-8-15(9-5-12)28-20(22,23)24)16(10-25)19(26)27-18(11)13-2-6-14(21)7-3-13/h2-9H,1H3,(H2,26,27). The monoisotopic (exact) mass is 403 g/mol. The number of aromatic nitrogens is 1. The van der Waals surface area contributed by atoms with Crippen LogP contribution < -0.4 is 10.5 Å². The van der Waals surface area contributed by atoms with Crippen LogP contribution in [0.2, 0.25) is 5.02 Å². The quantitative estimate of drug-likeness (QED) is 0.606. The highest BCUT2D eigenvalue weighted by molar-refractivity contribution is 6.30. The minimum absolute atomic E-state index is 0.0312. The van der Waals surface area contributed by atoms with Gasteiger partial charge in [-0.15, -0.1) is 13.2 Å². The maximum atomic E-state index is 12.4. The molecular weight excluding hydrogens is 391 g/mol. The largest absolute Gasteiger partial charge is 0.573 e. The Labute approximate surface area is 164 Å². The SMILES string of the molecule is Cc1c(-c2ccc(Cl)cc2)nc(N)c(C#N)c1-c1ccc(OC(F)(F)F)cc1. The van der Waals surface area contributed by atoms with Crippen LogP contribution in [0.25, 0.3) is 22.4 Å². The lowest BCUT2D eigenvalue weighted by atomic mass is 9.93. The van der Waals surface area contributed by atoms with Gasteiger partial charge in [0.1, 0.15) is 23.2 Å². The summed E-state index contributed by atoms with van der Waals surface area (Å²) in [7, 11) is 0. The molecule has 0 saturated carbocycles. The van der Waals surface area contributed by atoms with E-state index in [4.69, 9.17) is 17.3 Å². The maximum absolute atomic E-state index is 12.4. The van der Waals surface area contributed by atoms with Gasteiger partial charge < -0.3 is 10.5 Å². The number of ether oxygens (including phenoxy) is 1. The van der Waals surface area contributed by atoms with Crippen LogP contribution >= 0.6 is 11.6 Å². The highest BCUT2D eigenvalue weighted by atomic mass is 35.5. The van der Waals surface area contributed by atoms with Crippen molar-refractivity contribution in [3.63, 3.8) is 0 Å². The molecule has 0 fully saturated rings. The number of hydrogen-bond donors (Lipinski definition) is 1. The Bertz CT molecular complexity index is 1060. The predicted octanol–water partition coefficient (Wildman–Crippen LogP) is 5.73. The summed E-state index contributed by atoms with van der Waals surface area (Å²) in [6, 6.07) is 14.2. The van der Waals surface area contributed by atoms with Gasteiger partial charge >= 0.3 is 6.36 Å². The lowest BCUT2D eigenvalue weighted by molar-refractivity contribution is -0.274. The minimum Gasteiger partial charge on any atom is -0.406 e. The Balaban J connectivity index is 2.14. The van der Waals surface area contributed by atoms with Crippen LogP contribution in [0.3, 0.4) is 0 Å². The van der Waals surface area contributed by atoms with Crippen molar-refractivity contribution < 1.29 is 17.9 Å². The third kappa shape index (κ3) is 4.02. The Hall–Kier alpha value is -3.24. The van der Waals surface area contributed by atoms with Gasteiger partial charge in [-0.05, 0) is 42.3 Å². The van der Waals surface area contributed by atoms with E-state index in [9.17, 15) is 18.4 Å². The lowest BCUT2D eigenvalue weighted by Gasteiger charge is -2.16. The van der Waals surface area contributed by atoms with Crippen LogP contribution in [0.5, 0.6) is 5.75 Å². The zero-order valence-electron chi connectivity index (χ0n) is 14.5. The Morgan fingerprint density at radius 2 is 1.61 bits per heavy atom. The summed E-state index contributed by atoms with van der Waals surface area (Å²) in [4.78, 5) is 4.33. The second-order valence-electron chi connectivity index (χ2n) is 5.91. The molecule has 3 rings (SSSR count). The zero-order valence-corrected chi connectivity index (χ0v) is 15.3. The van der Waals surface area contributed by atoms with Gasteiger partial charge in [-0.1, -0.05) is 35.9 Å². The van der Waals surface area contributed by atoms with E-state index in [1.54, 1.807) is 31.2 Å². The number of benzene rings is 2. The fourth-order valence-electron chi connectivity index (χ4n) is 2.88. The summed E-state index contributed by atoms with van der Waals surface area (Å²) in [5, 5.41) is 10.1. The van der Waals surface area contributed by atoms with Crippen molar-refractivity contribution in [2.24, 2.45) is 0 Å². The van der Waals surface area contributed by atoms with Crippen LogP contribution in [0.15, 0.2) is 48.5 Å². The third-order valence-corrected chi connectivity index (χ3v) is 4.33. The first-order valence-corrected chi connectivity index (χ1v) is 8.39. The molecule has 2 N–H and O–H groups in total. The predicted molar refractivity (Wildman–Crippen MR) is 101 cm³/mol. The van der Waals surface area contributed by atoms with E-state index >= 15 is 0 Å². The smallest absolute Gasteiger partial charge is 0.406 e. The van der Waals surface area contributed by atoms with Gasteiger partial charge in [0, 0.05) is 16.1 Å². The van der Waals surface area contributed by atoms with Crippen LogP contribution in [-0.4, -0.2) is 11.3 Å². The van der Waals surface area contributed by atoms with Crippen molar-refractivity contribution in [3.05, 3.63) is 64.7 Å². The van der Waals surface area contributed by atoms with E-state index in [0.717, 1.165) is 5.56 Å². The first kappa shape index (κ1) is 19.5. The van der Waals surface area contributed by atoms with E-state index < -0.39 is 6.36 Å². The van der Waals surface area contributed by atoms with Crippen molar-refractivity contribution in [1.82, 2.24) is 4.98 Å². The number of nitriles is 1. The number of nitrogen functional groups attached to an aromatic ring is 1. The Morgan fingerprint density at radius 1 is 1.04 bits per heavy atom. The van der Waals surface area contributed by atoms with Crippen molar-refractivity contribution in [1.29, 1.82) is 5.26 Å². The number of pyridine rings is 1. The van der Waals surface area contributed by atoms with E-state index in [0.29, 0.717) is 27.4 Å². The normalized spacial score (nSPS) is 11.1. The molecule has 0 spiro atoms. The fourth-order valence-corrected chi connectivity index (χ4v) is 3.01. The molecule has 4 nitrogen and oxygen atoms in total. The van der Waals surface area contributed by atoms with Gasteiger partial charge in [-0.2, -0.15) is 5.26 Å². The molecular formula is C20H13ClF3N3O. The summed E-state index contributed by atoms with van der Waals surface area (Å²) in [5.74, 6) is -0.323. The van der Waals surface area contributed by atoms with E-state index in [-0.39, 0.29) is 17.1 Å². The molecule has 0 saturated heterocycles. The molecule has 0 atom stereocenters. The Morgan fingerprint density at radius 3 is 2.14 bits per heavy atom. The number of anilines is 1. The van der Waals surface area contributed by atoms with Gasteiger partial charge in [-0.25, -0.2) is 4.98 Å². The molecule has 2 aromatic carbocycles. The summed E-state index contributed by atoms with van der Waals surface area (Å²) >= 11 is 5.93. The number of nitrogens with zero attached hydrogens (tertiary/aromatic N) is 2. The molecule has 0 unspecified atom stereocenters. The van der Waals surface area contributed by atoms with Crippen LogP contribution in [0.1, 0.15) is 11.1 Å². The number of halogens is 4. The highest BCUT2D eigenvalue weighted by Gasteiger charge is 2.31. The van der Waals surface area contributed by atoms with E-state index in [1.165, 1.54) is 24.3 Å². The third-order valence-electron chi connectivity index (χ3n) is 4.07. The van der Waals surface area contributed by atoms with Gasteiger partial charge in [0.25, 0.3) is 0 Å². The van der Waals surface area contributed by atoms with Crippen molar-refractivity contribution in [3.8, 4) is 34.2 Å². The molecule has 28 heavy (non-hydrogen) atoms. The van der Waals surface area contributed by atoms with E-state index in [1.807, 2.05) is 6.07 Å². The van der Waals surface area contributed by atoms with Gasteiger partial charge in [0.2, 0.25) is 0 Å². The minimum atomic E-state index is -4.78. The molecule has 0 bridgehead atoms. The molecule has 0 aliphatic carbocycles. The van der Waals surface area contributed by atoms with Crippen molar-refractivity contribution >= 4 is 17.4 Å². The average molecular weight is 404 g/mol. The average Bonchev–Trinajstić information content (AvgIpc) is 2.63. The highest BCUT2D eigenvalue weighted by Crippen LogP contribution is 2.37.